The minimum Gasteiger partial charge on any atom is -0.444 e. The third kappa shape index (κ3) is 2.54. The molecule has 4 heteroatoms. The van der Waals surface area contributed by atoms with E-state index in [1.54, 1.807) is 4.90 Å². The molecule has 2 fully saturated rings. The molecule has 1 saturated heterocycles. The summed E-state index contributed by atoms with van der Waals surface area (Å²) in [7, 11) is 0. The van der Waals surface area contributed by atoms with Crippen LogP contribution in [0.5, 0.6) is 0 Å². The summed E-state index contributed by atoms with van der Waals surface area (Å²) in [5.41, 5.74) is -0.442. The molecule has 1 saturated carbocycles. The van der Waals surface area contributed by atoms with Crippen molar-refractivity contribution < 1.29 is 9.53 Å². The lowest BCUT2D eigenvalue weighted by Crippen LogP contribution is -2.46. The third-order valence-corrected chi connectivity index (χ3v) is 3.63. The molecule has 17 heavy (non-hydrogen) atoms. The topological polar surface area (TPSA) is 53.3 Å². The van der Waals surface area contributed by atoms with E-state index < -0.39 is 5.60 Å². The summed E-state index contributed by atoms with van der Waals surface area (Å²) in [4.78, 5) is 13.7. The minimum atomic E-state index is -0.442. The van der Waals surface area contributed by atoms with Crippen molar-refractivity contribution in [3.05, 3.63) is 0 Å². The van der Waals surface area contributed by atoms with Crippen molar-refractivity contribution >= 4 is 6.09 Å². The predicted octanol–water partition coefficient (Wildman–Crippen LogP) is 2.40. The van der Waals surface area contributed by atoms with Crippen molar-refractivity contribution in [3.63, 3.8) is 0 Å². The van der Waals surface area contributed by atoms with Gasteiger partial charge in [0.15, 0.2) is 0 Å². The molecular weight excluding hydrogens is 216 g/mol. The first-order valence-electron chi connectivity index (χ1n) is 6.28. The van der Waals surface area contributed by atoms with Crippen LogP contribution in [0, 0.1) is 29.1 Å². The molecule has 2 atom stereocenters. The van der Waals surface area contributed by atoms with Crippen LogP contribution in [0.2, 0.25) is 0 Å². The first kappa shape index (κ1) is 12.2. The van der Waals surface area contributed by atoms with Crippen molar-refractivity contribution in [3.8, 4) is 6.07 Å². The van der Waals surface area contributed by atoms with Gasteiger partial charge in [-0.2, -0.15) is 5.26 Å². The summed E-state index contributed by atoms with van der Waals surface area (Å²) in [6.45, 7) is 7.00. The maximum atomic E-state index is 11.9. The average molecular weight is 236 g/mol. The molecule has 0 spiro atoms. The van der Waals surface area contributed by atoms with Gasteiger partial charge in [-0.3, -0.25) is 0 Å². The Balaban J connectivity index is 1.99. The molecule has 2 rings (SSSR count). The summed E-state index contributed by atoms with van der Waals surface area (Å²) >= 11 is 0. The fourth-order valence-electron chi connectivity index (χ4n) is 2.91. The van der Waals surface area contributed by atoms with E-state index in [1.165, 1.54) is 0 Å². The standard InChI is InChI=1S/C13H20N2O2/c1-13(2,3)17-12(16)15-7-9-4-5-10(8-15)11(9)6-14/h9-11H,4-5,7-8H2,1-3H3. The lowest BCUT2D eigenvalue weighted by molar-refractivity contribution is 0.0116. The number of hydrogen-bond acceptors (Lipinski definition) is 3. The molecule has 94 valence electrons. The fraction of sp³-hybridized carbons (Fsp3) is 0.846. The van der Waals surface area contributed by atoms with E-state index in [0.717, 1.165) is 12.8 Å². The Morgan fingerprint density at radius 1 is 1.29 bits per heavy atom. The van der Waals surface area contributed by atoms with E-state index in [4.69, 9.17) is 10.00 Å². The van der Waals surface area contributed by atoms with Gasteiger partial charge in [-0.25, -0.2) is 4.79 Å². The maximum absolute atomic E-state index is 11.9. The van der Waals surface area contributed by atoms with E-state index >= 15 is 0 Å². The van der Waals surface area contributed by atoms with Crippen molar-refractivity contribution in [2.75, 3.05) is 13.1 Å². The second-order valence-electron chi connectivity index (χ2n) is 6.14. The van der Waals surface area contributed by atoms with Crippen molar-refractivity contribution in [2.45, 2.75) is 39.2 Å². The number of ether oxygens (including phenoxy) is 1. The summed E-state index contributed by atoms with van der Waals surface area (Å²) in [5, 5.41) is 9.10. The Labute approximate surface area is 103 Å². The van der Waals surface area contributed by atoms with Crippen molar-refractivity contribution in [2.24, 2.45) is 17.8 Å². The zero-order valence-electron chi connectivity index (χ0n) is 10.8. The molecular formula is C13H20N2O2. The molecule has 0 aromatic rings. The summed E-state index contributed by atoms with van der Waals surface area (Å²) in [6.07, 6.45) is 1.91. The highest BCUT2D eigenvalue weighted by Gasteiger charge is 2.44. The zero-order chi connectivity index (χ0) is 12.6. The van der Waals surface area contributed by atoms with E-state index in [9.17, 15) is 4.79 Å². The fourth-order valence-corrected chi connectivity index (χ4v) is 2.91. The maximum Gasteiger partial charge on any atom is 0.410 e. The van der Waals surface area contributed by atoms with Crippen LogP contribution in [-0.4, -0.2) is 29.7 Å². The molecule has 0 aromatic carbocycles. The Hall–Kier alpha value is -1.24. The second-order valence-corrected chi connectivity index (χ2v) is 6.14. The van der Waals surface area contributed by atoms with Gasteiger partial charge < -0.3 is 9.64 Å². The highest BCUT2D eigenvalue weighted by Crippen LogP contribution is 2.41. The molecule has 0 N–H and O–H groups in total. The van der Waals surface area contributed by atoms with E-state index in [0.29, 0.717) is 24.9 Å². The number of amides is 1. The number of fused-ring (bicyclic) bond motifs is 2. The number of carbonyl (C=O) groups is 1. The monoisotopic (exact) mass is 236 g/mol. The highest BCUT2D eigenvalue weighted by atomic mass is 16.6. The molecule has 1 aliphatic heterocycles. The summed E-state index contributed by atoms with van der Waals surface area (Å²) in [5.74, 6) is 0.853. The van der Waals surface area contributed by atoms with Gasteiger partial charge in [0.25, 0.3) is 0 Å². The van der Waals surface area contributed by atoms with Gasteiger partial charge >= 0.3 is 6.09 Å². The molecule has 4 nitrogen and oxygen atoms in total. The Morgan fingerprint density at radius 3 is 2.24 bits per heavy atom. The normalized spacial score (nSPS) is 32.1. The lowest BCUT2D eigenvalue weighted by atomic mass is 9.86. The number of hydrogen-bond donors (Lipinski definition) is 0. The van der Waals surface area contributed by atoms with Gasteiger partial charge in [0.1, 0.15) is 5.60 Å². The largest absolute Gasteiger partial charge is 0.444 e. The van der Waals surface area contributed by atoms with E-state index in [-0.39, 0.29) is 12.0 Å². The van der Waals surface area contributed by atoms with Crippen LogP contribution in [-0.2, 0) is 4.74 Å². The summed E-state index contributed by atoms with van der Waals surface area (Å²) < 4.78 is 5.37. The first-order valence-corrected chi connectivity index (χ1v) is 6.28. The summed E-state index contributed by atoms with van der Waals surface area (Å²) in [6, 6.07) is 2.39. The third-order valence-electron chi connectivity index (χ3n) is 3.63. The van der Waals surface area contributed by atoms with Gasteiger partial charge in [-0.05, 0) is 45.4 Å². The number of piperidine rings is 1. The Kier molecular flexibility index (Phi) is 3.03. The van der Waals surface area contributed by atoms with E-state index in [2.05, 4.69) is 6.07 Å². The minimum absolute atomic E-state index is 0.147. The van der Waals surface area contributed by atoms with Crippen LogP contribution >= 0.6 is 0 Å². The number of nitriles is 1. The molecule has 0 aromatic heterocycles. The average Bonchev–Trinajstić information content (AvgIpc) is 2.44. The van der Waals surface area contributed by atoms with E-state index in [1.807, 2.05) is 20.8 Å². The van der Waals surface area contributed by atoms with Gasteiger partial charge in [0, 0.05) is 13.1 Å². The molecule has 2 unspecified atom stereocenters. The molecule has 0 radical (unpaired) electrons. The molecule has 1 heterocycles. The van der Waals surface area contributed by atoms with Gasteiger partial charge in [-0.15, -0.1) is 0 Å². The van der Waals surface area contributed by atoms with Crippen molar-refractivity contribution in [1.82, 2.24) is 4.90 Å². The van der Waals surface area contributed by atoms with Gasteiger partial charge in [0.2, 0.25) is 0 Å². The zero-order valence-corrected chi connectivity index (χ0v) is 10.8. The highest BCUT2D eigenvalue weighted by molar-refractivity contribution is 5.68. The molecule has 1 aliphatic carbocycles. The van der Waals surface area contributed by atoms with Crippen LogP contribution in [0.3, 0.4) is 0 Å². The van der Waals surface area contributed by atoms with Crippen LogP contribution < -0.4 is 0 Å². The lowest BCUT2D eigenvalue weighted by Gasteiger charge is -2.35. The SMILES string of the molecule is CC(C)(C)OC(=O)N1CC2CCC(C1)C2C#N. The predicted molar refractivity (Wildman–Crippen MR) is 63.1 cm³/mol. The number of likely N-dealkylation sites (tertiary alicyclic amines) is 1. The number of nitrogens with zero attached hydrogens (tertiary/aromatic N) is 2. The Morgan fingerprint density at radius 2 is 1.82 bits per heavy atom. The van der Waals surface area contributed by atoms with Crippen LogP contribution in [0.15, 0.2) is 0 Å². The quantitative estimate of drug-likeness (QED) is 0.649. The second kappa shape index (κ2) is 4.21. The smallest absolute Gasteiger partial charge is 0.410 e. The van der Waals surface area contributed by atoms with Crippen LogP contribution in [0.1, 0.15) is 33.6 Å². The number of carbonyl (C=O) groups excluding carboxylic acids is 1. The Bertz CT molecular complexity index is 339. The van der Waals surface area contributed by atoms with Crippen LogP contribution in [0.25, 0.3) is 0 Å². The van der Waals surface area contributed by atoms with Crippen LogP contribution in [0.4, 0.5) is 4.79 Å². The van der Waals surface area contributed by atoms with Crippen molar-refractivity contribution in [1.29, 1.82) is 5.26 Å². The van der Waals surface area contributed by atoms with Gasteiger partial charge in [-0.1, -0.05) is 0 Å². The molecule has 1 amide bonds. The van der Waals surface area contributed by atoms with Gasteiger partial charge in [0.05, 0.1) is 12.0 Å². The molecule has 2 bridgehead atoms. The number of rotatable bonds is 0. The molecule has 2 aliphatic rings. The first-order chi connectivity index (χ1) is 7.90.